The van der Waals surface area contributed by atoms with Crippen LogP contribution in [0.4, 0.5) is 0 Å². The SMILES string of the molecule is Cc1c(CNCC(C)C)oc2c(I)cccc12. The van der Waals surface area contributed by atoms with E-state index in [9.17, 15) is 0 Å². The van der Waals surface area contributed by atoms with Crippen LogP contribution >= 0.6 is 22.6 Å². The van der Waals surface area contributed by atoms with Gasteiger partial charge < -0.3 is 9.73 Å². The molecule has 0 bridgehead atoms. The molecule has 1 aromatic heterocycles. The fourth-order valence-electron chi connectivity index (χ4n) is 1.90. The van der Waals surface area contributed by atoms with Gasteiger partial charge in [0.2, 0.25) is 0 Å². The van der Waals surface area contributed by atoms with E-state index in [4.69, 9.17) is 4.42 Å². The summed E-state index contributed by atoms with van der Waals surface area (Å²) in [6, 6.07) is 6.29. The van der Waals surface area contributed by atoms with Crippen LogP contribution in [-0.2, 0) is 6.54 Å². The third-order valence-electron chi connectivity index (χ3n) is 2.85. The van der Waals surface area contributed by atoms with Crippen molar-refractivity contribution in [3.63, 3.8) is 0 Å². The topological polar surface area (TPSA) is 25.2 Å². The lowest BCUT2D eigenvalue weighted by Gasteiger charge is -2.05. The van der Waals surface area contributed by atoms with Crippen LogP contribution in [0.3, 0.4) is 0 Å². The van der Waals surface area contributed by atoms with Gasteiger partial charge in [-0.05, 0) is 53.6 Å². The Hall–Kier alpha value is -0.550. The number of furan rings is 1. The second-order valence-corrected chi connectivity index (χ2v) is 5.95. The van der Waals surface area contributed by atoms with E-state index >= 15 is 0 Å². The molecule has 0 saturated carbocycles. The fraction of sp³-hybridized carbons (Fsp3) is 0.429. The Kier molecular flexibility index (Phi) is 4.09. The number of hydrogen-bond donors (Lipinski definition) is 1. The summed E-state index contributed by atoms with van der Waals surface area (Å²) in [6.45, 7) is 8.39. The van der Waals surface area contributed by atoms with E-state index in [1.807, 2.05) is 0 Å². The molecule has 3 heteroatoms. The monoisotopic (exact) mass is 343 g/mol. The third-order valence-corrected chi connectivity index (χ3v) is 3.70. The van der Waals surface area contributed by atoms with Crippen LogP contribution in [0.2, 0.25) is 0 Å². The minimum absolute atomic E-state index is 0.667. The molecule has 1 aromatic carbocycles. The first-order valence-electron chi connectivity index (χ1n) is 5.96. The highest BCUT2D eigenvalue weighted by Gasteiger charge is 2.11. The quantitative estimate of drug-likeness (QED) is 0.846. The van der Waals surface area contributed by atoms with Gasteiger partial charge in [0.25, 0.3) is 0 Å². The van der Waals surface area contributed by atoms with Gasteiger partial charge in [0.15, 0.2) is 0 Å². The molecule has 0 aliphatic carbocycles. The van der Waals surface area contributed by atoms with Crippen molar-refractivity contribution < 1.29 is 4.42 Å². The van der Waals surface area contributed by atoms with Crippen molar-refractivity contribution in [2.75, 3.05) is 6.54 Å². The summed E-state index contributed by atoms with van der Waals surface area (Å²) in [7, 11) is 0. The van der Waals surface area contributed by atoms with Gasteiger partial charge in [-0.1, -0.05) is 26.0 Å². The predicted octanol–water partition coefficient (Wildman–Crippen LogP) is 4.09. The minimum Gasteiger partial charge on any atom is -0.458 e. The summed E-state index contributed by atoms with van der Waals surface area (Å²) >= 11 is 2.32. The average molecular weight is 343 g/mol. The van der Waals surface area contributed by atoms with Crippen molar-refractivity contribution in [3.8, 4) is 0 Å². The van der Waals surface area contributed by atoms with Gasteiger partial charge in [-0.25, -0.2) is 0 Å². The predicted molar refractivity (Wildman–Crippen MR) is 80.2 cm³/mol. The van der Waals surface area contributed by atoms with Crippen LogP contribution in [0.1, 0.15) is 25.2 Å². The number of fused-ring (bicyclic) bond motifs is 1. The van der Waals surface area contributed by atoms with Gasteiger partial charge in [-0.15, -0.1) is 0 Å². The maximum absolute atomic E-state index is 5.94. The van der Waals surface area contributed by atoms with Crippen molar-refractivity contribution in [2.24, 2.45) is 5.92 Å². The Morgan fingerprint density at radius 1 is 1.35 bits per heavy atom. The zero-order valence-electron chi connectivity index (χ0n) is 10.5. The molecule has 0 aliphatic heterocycles. The van der Waals surface area contributed by atoms with Crippen LogP contribution in [0.25, 0.3) is 11.0 Å². The molecular weight excluding hydrogens is 325 g/mol. The van der Waals surface area contributed by atoms with E-state index in [2.05, 4.69) is 66.9 Å². The van der Waals surface area contributed by atoms with Crippen LogP contribution in [0.15, 0.2) is 22.6 Å². The fourth-order valence-corrected chi connectivity index (χ4v) is 2.51. The summed E-state index contributed by atoms with van der Waals surface area (Å²) in [5, 5.41) is 4.66. The summed E-state index contributed by atoms with van der Waals surface area (Å²) < 4.78 is 7.12. The maximum Gasteiger partial charge on any atom is 0.147 e. The summed E-state index contributed by atoms with van der Waals surface area (Å²) in [4.78, 5) is 0. The molecule has 0 fully saturated rings. The largest absolute Gasteiger partial charge is 0.458 e. The Labute approximate surface area is 116 Å². The Morgan fingerprint density at radius 3 is 2.76 bits per heavy atom. The number of halogens is 1. The van der Waals surface area contributed by atoms with E-state index in [-0.39, 0.29) is 0 Å². The average Bonchev–Trinajstić information content (AvgIpc) is 2.58. The lowest BCUT2D eigenvalue weighted by Crippen LogP contribution is -2.18. The molecule has 0 unspecified atom stereocenters. The van der Waals surface area contributed by atoms with Gasteiger partial charge in [0, 0.05) is 5.39 Å². The highest BCUT2D eigenvalue weighted by atomic mass is 127. The molecule has 0 saturated heterocycles. The molecular formula is C14H18INO. The van der Waals surface area contributed by atoms with E-state index < -0.39 is 0 Å². The van der Waals surface area contributed by atoms with E-state index in [0.29, 0.717) is 5.92 Å². The first-order chi connectivity index (χ1) is 8.09. The van der Waals surface area contributed by atoms with Gasteiger partial charge in [-0.2, -0.15) is 0 Å². The van der Waals surface area contributed by atoms with Gasteiger partial charge in [0.05, 0.1) is 10.1 Å². The lowest BCUT2D eigenvalue weighted by atomic mass is 10.1. The summed E-state index contributed by atoms with van der Waals surface area (Å²) in [6.07, 6.45) is 0. The van der Waals surface area contributed by atoms with Crippen molar-refractivity contribution in [1.29, 1.82) is 0 Å². The number of nitrogens with one attached hydrogen (secondary N) is 1. The van der Waals surface area contributed by atoms with E-state index in [1.165, 1.54) is 14.5 Å². The number of hydrogen-bond acceptors (Lipinski definition) is 2. The highest BCUT2D eigenvalue weighted by molar-refractivity contribution is 14.1. The smallest absolute Gasteiger partial charge is 0.147 e. The molecule has 0 aliphatic rings. The van der Waals surface area contributed by atoms with Crippen molar-refractivity contribution >= 4 is 33.6 Å². The van der Waals surface area contributed by atoms with E-state index in [0.717, 1.165) is 24.4 Å². The second-order valence-electron chi connectivity index (χ2n) is 4.79. The molecule has 0 atom stereocenters. The minimum atomic E-state index is 0.667. The van der Waals surface area contributed by atoms with Crippen molar-refractivity contribution in [1.82, 2.24) is 5.32 Å². The first-order valence-corrected chi connectivity index (χ1v) is 7.04. The standard InChI is InChI=1S/C14H18INO/c1-9(2)7-16-8-13-10(3)11-5-4-6-12(15)14(11)17-13/h4-6,9,16H,7-8H2,1-3H3. The van der Waals surface area contributed by atoms with Crippen molar-refractivity contribution in [2.45, 2.75) is 27.3 Å². The molecule has 1 heterocycles. The van der Waals surface area contributed by atoms with Crippen LogP contribution in [0, 0.1) is 16.4 Å². The number of aryl methyl sites for hydroxylation is 1. The third kappa shape index (κ3) is 2.83. The molecule has 0 radical (unpaired) electrons. The molecule has 2 nitrogen and oxygen atoms in total. The molecule has 92 valence electrons. The number of rotatable bonds is 4. The molecule has 2 aromatic rings. The van der Waals surface area contributed by atoms with Crippen LogP contribution < -0.4 is 5.32 Å². The van der Waals surface area contributed by atoms with Gasteiger partial charge >= 0.3 is 0 Å². The number of para-hydroxylation sites is 1. The highest BCUT2D eigenvalue weighted by Crippen LogP contribution is 2.28. The second kappa shape index (κ2) is 5.40. The van der Waals surface area contributed by atoms with Gasteiger partial charge in [0.1, 0.15) is 11.3 Å². The molecule has 1 N–H and O–H groups in total. The van der Waals surface area contributed by atoms with Gasteiger partial charge in [-0.3, -0.25) is 0 Å². The lowest BCUT2D eigenvalue weighted by molar-refractivity contribution is 0.482. The molecule has 0 amide bonds. The zero-order valence-corrected chi connectivity index (χ0v) is 12.7. The molecule has 2 rings (SSSR count). The Morgan fingerprint density at radius 2 is 2.12 bits per heavy atom. The number of benzene rings is 1. The van der Waals surface area contributed by atoms with Crippen LogP contribution in [0.5, 0.6) is 0 Å². The normalized spacial score (nSPS) is 11.6. The zero-order chi connectivity index (χ0) is 12.4. The molecule has 17 heavy (non-hydrogen) atoms. The Bertz CT molecular complexity index is 516. The summed E-state index contributed by atoms with van der Waals surface area (Å²) in [5.41, 5.74) is 2.28. The van der Waals surface area contributed by atoms with E-state index in [1.54, 1.807) is 0 Å². The summed E-state index contributed by atoms with van der Waals surface area (Å²) in [5.74, 6) is 1.73. The first kappa shape index (κ1) is 12.9. The Balaban J connectivity index is 2.23. The van der Waals surface area contributed by atoms with Crippen molar-refractivity contribution in [3.05, 3.63) is 33.1 Å². The maximum atomic E-state index is 5.94. The molecule has 0 spiro atoms. The van der Waals surface area contributed by atoms with Crippen LogP contribution in [-0.4, -0.2) is 6.54 Å².